The first-order chi connectivity index (χ1) is 8.44. The van der Waals surface area contributed by atoms with Crippen molar-refractivity contribution in [3.63, 3.8) is 0 Å². The number of hydrogen-bond acceptors (Lipinski definition) is 4. The van der Waals surface area contributed by atoms with Crippen molar-refractivity contribution >= 4 is 17.5 Å². The van der Waals surface area contributed by atoms with Gasteiger partial charge in [0, 0.05) is 11.1 Å². The Hall–Kier alpha value is -1.68. The number of benzene rings is 1. The molecule has 2 rings (SSSR count). The minimum absolute atomic E-state index is 0.126. The summed E-state index contributed by atoms with van der Waals surface area (Å²) in [6.45, 7) is 6.10. The predicted octanol–water partition coefficient (Wildman–Crippen LogP) is 3.40. The molecule has 0 aliphatic rings. The van der Waals surface area contributed by atoms with Crippen molar-refractivity contribution < 1.29 is 0 Å². The van der Waals surface area contributed by atoms with Gasteiger partial charge >= 0.3 is 0 Å². The lowest BCUT2D eigenvalue weighted by Crippen LogP contribution is -2.27. The largest absolute Gasteiger partial charge is 0.349 e. The van der Waals surface area contributed by atoms with Crippen molar-refractivity contribution in [2.75, 3.05) is 5.32 Å². The molecule has 1 N–H and O–H groups in total. The predicted molar refractivity (Wildman–Crippen MR) is 73.6 cm³/mol. The van der Waals surface area contributed by atoms with E-state index in [1.54, 1.807) is 0 Å². The minimum atomic E-state index is -0.126. The Kier molecular flexibility index (Phi) is 3.48. The summed E-state index contributed by atoms with van der Waals surface area (Å²) in [5.74, 6) is 1.06. The molecule has 18 heavy (non-hydrogen) atoms. The summed E-state index contributed by atoms with van der Waals surface area (Å²) in [4.78, 5) is 12.6. The van der Waals surface area contributed by atoms with Gasteiger partial charge in [-0.2, -0.15) is 15.0 Å². The van der Waals surface area contributed by atoms with E-state index in [1.165, 1.54) is 0 Å². The monoisotopic (exact) mass is 262 g/mol. The van der Waals surface area contributed by atoms with Gasteiger partial charge in [-0.15, -0.1) is 0 Å². The van der Waals surface area contributed by atoms with Crippen LogP contribution in [0.5, 0.6) is 0 Å². The number of aromatic nitrogens is 3. The normalized spacial score (nSPS) is 11.3. The van der Waals surface area contributed by atoms with Crippen LogP contribution in [-0.4, -0.2) is 20.5 Å². The van der Waals surface area contributed by atoms with E-state index in [0.717, 1.165) is 5.56 Å². The van der Waals surface area contributed by atoms with Gasteiger partial charge in [0.05, 0.1) is 0 Å². The Morgan fingerprint density at radius 3 is 2.28 bits per heavy atom. The van der Waals surface area contributed by atoms with Gasteiger partial charge in [0.25, 0.3) is 0 Å². The third kappa shape index (κ3) is 3.40. The number of nitrogens with zero attached hydrogens (tertiary/aromatic N) is 3. The first-order valence-electron chi connectivity index (χ1n) is 5.69. The second-order valence-electron chi connectivity index (χ2n) is 4.99. The van der Waals surface area contributed by atoms with Crippen LogP contribution in [0.15, 0.2) is 30.3 Å². The van der Waals surface area contributed by atoms with Crippen LogP contribution < -0.4 is 5.32 Å². The zero-order chi connectivity index (χ0) is 13.2. The Morgan fingerprint density at radius 2 is 1.67 bits per heavy atom. The molecule has 2 aromatic rings. The molecule has 0 atom stereocenters. The number of nitrogens with one attached hydrogen (secondary N) is 1. The molecule has 94 valence electrons. The molecule has 0 fully saturated rings. The summed E-state index contributed by atoms with van der Waals surface area (Å²) in [6.07, 6.45) is 0. The second-order valence-corrected chi connectivity index (χ2v) is 5.33. The van der Waals surface area contributed by atoms with Crippen molar-refractivity contribution in [2.24, 2.45) is 0 Å². The molecule has 0 aliphatic carbocycles. The van der Waals surface area contributed by atoms with E-state index >= 15 is 0 Å². The lowest BCUT2D eigenvalue weighted by molar-refractivity contribution is 0.625. The van der Waals surface area contributed by atoms with Crippen LogP contribution in [0.25, 0.3) is 11.4 Å². The van der Waals surface area contributed by atoms with Gasteiger partial charge in [0.15, 0.2) is 5.82 Å². The molecular weight excluding hydrogens is 248 g/mol. The Balaban J connectivity index is 2.39. The van der Waals surface area contributed by atoms with E-state index in [4.69, 9.17) is 11.6 Å². The third-order valence-electron chi connectivity index (χ3n) is 2.13. The second kappa shape index (κ2) is 4.90. The Bertz CT molecular complexity index is 534. The van der Waals surface area contributed by atoms with Crippen LogP contribution in [-0.2, 0) is 0 Å². The molecule has 1 aromatic carbocycles. The highest BCUT2D eigenvalue weighted by Gasteiger charge is 2.13. The molecule has 1 heterocycles. The van der Waals surface area contributed by atoms with Gasteiger partial charge in [-0.3, -0.25) is 0 Å². The molecule has 4 nitrogen and oxygen atoms in total. The number of rotatable bonds is 2. The zero-order valence-electron chi connectivity index (χ0n) is 10.6. The van der Waals surface area contributed by atoms with Crippen molar-refractivity contribution in [3.8, 4) is 11.4 Å². The summed E-state index contributed by atoms with van der Waals surface area (Å²) in [6, 6.07) is 9.69. The summed E-state index contributed by atoms with van der Waals surface area (Å²) in [5.41, 5.74) is 0.789. The Morgan fingerprint density at radius 1 is 1.00 bits per heavy atom. The lowest BCUT2D eigenvalue weighted by atomic mass is 10.1. The average molecular weight is 263 g/mol. The van der Waals surface area contributed by atoms with Gasteiger partial charge in [-0.05, 0) is 32.4 Å². The standard InChI is InChI=1S/C13H15ClN4/c1-13(2,3)18-12-16-10(15-11(14)17-12)9-7-5-4-6-8-9/h4-8H,1-3H3,(H,15,16,17,18). The zero-order valence-corrected chi connectivity index (χ0v) is 11.4. The smallest absolute Gasteiger partial charge is 0.227 e. The maximum absolute atomic E-state index is 5.93. The molecule has 1 aromatic heterocycles. The van der Waals surface area contributed by atoms with E-state index in [1.807, 2.05) is 51.1 Å². The van der Waals surface area contributed by atoms with Gasteiger partial charge in [0.2, 0.25) is 11.2 Å². The van der Waals surface area contributed by atoms with E-state index in [2.05, 4.69) is 20.3 Å². The van der Waals surface area contributed by atoms with Crippen molar-refractivity contribution in [1.82, 2.24) is 15.0 Å². The van der Waals surface area contributed by atoms with Gasteiger partial charge in [-0.1, -0.05) is 30.3 Å². The SMILES string of the molecule is CC(C)(C)Nc1nc(Cl)nc(-c2ccccc2)n1. The first-order valence-corrected chi connectivity index (χ1v) is 6.07. The summed E-state index contributed by atoms with van der Waals surface area (Å²) >= 11 is 5.93. The molecule has 0 saturated heterocycles. The lowest BCUT2D eigenvalue weighted by Gasteiger charge is -2.20. The molecule has 0 spiro atoms. The van der Waals surface area contributed by atoms with Crippen molar-refractivity contribution in [3.05, 3.63) is 35.6 Å². The first kappa shape index (κ1) is 12.8. The fourth-order valence-electron chi connectivity index (χ4n) is 1.46. The molecule has 0 bridgehead atoms. The number of hydrogen-bond donors (Lipinski definition) is 1. The van der Waals surface area contributed by atoms with Crippen LogP contribution in [0, 0.1) is 0 Å². The summed E-state index contributed by atoms with van der Waals surface area (Å²) in [5, 5.41) is 3.38. The van der Waals surface area contributed by atoms with E-state index in [0.29, 0.717) is 11.8 Å². The van der Waals surface area contributed by atoms with E-state index < -0.39 is 0 Å². The average Bonchev–Trinajstić information content (AvgIpc) is 2.27. The van der Waals surface area contributed by atoms with Gasteiger partial charge in [0.1, 0.15) is 0 Å². The van der Waals surface area contributed by atoms with E-state index in [9.17, 15) is 0 Å². The fourth-order valence-corrected chi connectivity index (χ4v) is 1.62. The molecule has 5 heteroatoms. The van der Waals surface area contributed by atoms with Crippen molar-refractivity contribution in [1.29, 1.82) is 0 Å². The molecule has 0 unspecified atom stereocenters. The number of anilines is 1. The molecule has 0 saturated carbocycles. The fraction of sp³-hybridized carbons (Fsp3) is 0.308. The quantitative estimate of drug-likeness (QED) is 0.901. The number of halogens is 1. The summed E-state index contributed by atoms with van der Waals surface area (Å²) < 4.78 is 0. The van der Waals surface area contributed by atoms with Crippen LogP contribution in [0.2, 0.25) is 5.28 Å². The van der Waals surface area contributed by atoms with Gasteiger partial charge in [-0.25, -0.2) is 0 Å². The molecule has 0 aliphatic heterocycles. The molecule has 0 amide bonds. The van der Waals surface area contributed by atoms with Crippen LogP contribution in [0.1, 0.15) is 20.8 Å². The maximum atomic E-state index is 5.93. The van der Waals surface area contributed by atoms with Crippen LogP contribution in [0.4, 0.5) is 5.95 Å². The minimum Gasteiger partial charge on any atom is -0.349 e. The van der Waals surface area contributed by atoms with E-state index in [-0.39, 0.29) is 10.8 Å². The van der Waals surface area contributed by atoms with Crippen molar-refractivity contribution in [2.45, 2.75) is 26.3 Å². The van der Waals surface area contributed by atoms with Crippen LogP contribution in [0.3, 0.4) is 0 Å². The molecular formula is C13H15ClN4. The summed E-state index contributed by atoms with van der Waals surface area (Å²) in [7, 11) is 0. The van der Waals surface area contributed by atoms with Crippen LogP contribution >= 0.6 is 11.6 Å². The third-order valence-corrected chi connectivity index (χ3v) is 2.30. The van der Waals surface area contributed by atoms with Gasteiger partial charge < -0.3 is 5.32 Å². The maximum Gasteiger partial charge on any atom is 0.227 e. The highest BCUT2D eigenvalue weighted by atomic mass is 35.5. The highest BCUT2D eigenvalue weighted by Crippen LogP contribution is 2.19. The highest BCUT2D eigenvalue weighted by molar-refractivity contribution is 6.28. The molecule has 0 radical (unpaired) electrons. The topological polar surface area (TPSA) is 50.7 Å². The Labute approximate surface area is 111 Å².